The molecule has 1 fully saturated rings. The highest BCUT2D eigenvalue weighted by Gasteiger charge is 2.55. The van der Waals surface area contributed by atoms with E-state index in [9.17, 15) is 14.7 Å². The van der Waals surface area contributed by atoms with Gasteiger partial charge in [-0.05, 0) is 42.0 Å². The van der Waals surface area contributed by atoms with Crippen molar-refractivity contribution in [1.82, 2.24) is 24.8 Å². The predicted octanol–water partition coefficient (Wildman–Crippen LogP) is 2.55. The van der Waals surface area contributed by atoms with Crippen molar-refractivity contribution in [2.45, 2.75) is 11.5 Å². The number of aliphatic hydroxyl groups is 1. The molecule has 1 spiro atoms. The van der Waals surface area contributed by atoms with Crippen molar-refractivity contribution in [3.63, 3.8) is 0 Å². The van der Waals surface area contributed by atoms with Gasteiger partial charge < -0.3 is 24.6 Å². The van der Waals surface area contributed by atoms with Crippen LogP contribution in [0.4, 0.5) is 0 Å². The third-order valence-corrected chi connectivity index (χ3v) is 7.27. The van der Waals surface area contributed by atoms with E-state index in [-0.39, 0.29) is 18.4 Å². The SMILES string of the molecule is COc1ccc2c3c([nH]c2c1)[C@@H](CO)N(C(=O)c1cccnc1)CC31CN(C(=O)c2cccnc2)C1. The van der Waals surface area contributed by atoms with Crippen molar-refractivity contribution < 1.29 is 19.4 Å². The number of methoxy groups -OCH3 is 1. The van der Waals surface area contributed by atoms with E-state index in [2.05, 4.69) is 15.0 Å². The number of rotatable bonds is 4. The lowest BCUT2D eigenvalue weighted by molar-refractivity contribution is 0.00302. The number of pyridine rings is 2. The second-order valence-corrected chi connectivity index (χ2v) is 9.38. The molecule has 2 amide bonds. The minimum absolute atomic E-state index is 0.0915. The van der Waals surface area contributed by atoms with Crippen LogP contribution >= 0.6 is 0 Å². The molecular formula is C27H25N5O4. The minimum Gasteiger partial charge on any atom is -0.497 e. The normalized spacial score (nSPS) is 18.1. The first kappa shape index (κ1) is 22.2. The predicted molar refractivity (Wildman–Crippen MR) is 132 cm³/mol. The number of benzene rings is 1. The lowest BCUT2D eigenvalue weighted by Crippen LogP contribution is -2.68. The molecule has 6 rings (SSSR count). The first-order valence-electron chi connectivity index (χ1n) is 11.8. The average molecular weight is 484 g/mol. The fourth-order valence-electron chi connectivity index (χ4n) is 5.63. The van der Waals surface area contributed by atoms with Gasteiger partial charge in [0, 0.05) is 67.1 Å². The Morgan fingerprint density at radius 1 is 1.06 bits per heavy atom. The number of nitrogens with zero attached hydrogens (tertiary/aromatic N) is 4. The van der Waals surface area contributed by atoms with E-state index >= 15 is 0 Å². The minimum atomic E-state index is -0.556. The van der Waals surface area contributed by atoms with E-state index < -0.39 is 11.5 Å². The van der Waals surface area contributed by atoms with E-state index in [4.69, 9.17) is 4.74 Å². The molecule has 0 bridgehead atoms. The number of H-pyrrole nitrogens is 1. The molecule has 0 unspecified atom stereocenters. The highest BCUT2D eigenvalue weighted by molar-refractivity contribution is 5.97. The van der Waals surface area contributed by atoms with Gasteiger partial charge in [0.15, 0.2) is 0 Å². The Balaban J connectivity index is 1.44. The second kappa shape index (κ2) is 8.46. The van der Waals surface area contributed by atoms with E-state index in [0.717, 1.165) is 22.2 Å². The summed E-state index contributed by atoms with van der Waals surface area (Å²) < 4.78 is 5.41. The van der Waals surface area contributed by atoms with Crippen LogP contribution in [0.1, 0.15) is 38.0 Å². The van der Waals surface area contributed by atoms with Crippen LogP contribution < -0.4 is 4.74 Å². The smallest absolute Gasteiger partial charge is 0.256 e. The van der Waals surface area contributed by atoms with Crippen molar-refractivity contribution in [2.24, 2.45) is 0 Å². The molecule has 2 N–H and O–H groups in total. The Morgan fingerprint density at radius 2 is 1.75 bits per heavy atom. The van der Waals surface area contributed by atoms with Gasteiger partial charge in [-0.15, -0.1) is 0 Å². The molecule has 2 aliphatic rings. The Kier molecular flexibility index (Phi) is 5.22. The van der Waals surface area contributed by atoms with E-state index in [1.165, 1.54) is 6.20 Å². The standard InChI is InChI=1S/C27H25N5O4/c1-36-19-6-7-20-21(10-19)30-24-22(13-33)32(26(35)18-5-3-9-29-12-18)16-27(23(20)24)14-31(15-27)25(34)17-4-2-8-28-11-17/h2-12,22,30,33H,13-16H2,1H3/t22-/m1/s1. The Labute approximate surface area is 207 Å². The zero-order valence-electron chi connectivity index (χ0n) is 19.7. The molecule has 1 atom stereocenters. The largest absolute Gasteiger partial charge is 0.497 e. The number of likely N-dealkylation sites (tertiary alicyclic amines) is 1. The zero-order valence-corrected chi connectivity index (χ0v) is 19.7. The number of hydrogen-bond acceptors (Lipinski definition) is 6. The van der Waals surface area contributed by atoms with Crippen LogP contribution in [-0.4, -0.2) is 75.0 Å². The van der Waals surface area contributed by atoms with Crippen LogP contribution in [0.5, 0.6) is 5.75 Å². The van der Waals surface area contributed by atoms with E-state index in [1.807, 2.05) is 18.2 Å². The van der Waals surface area contributed by atoms with Crippen molar-refractivity contribution in [3.05, 3.63) is 89.6 Å². The third kappa shape index (κ3) is 3.35. The molecule has 0 saturated carbocycles. The molecule has 1 saturated heterocycles. The van der Waals surface area contributed by atoms with Gasteiger partial charge >= 0.3 is 0 Å². The molecule has 5 heterocycles. The summed E-state index contributed by atoms with van der Waals surface area (Å²) in [5.74, 6) is 0.410. The summed E-state index contributed by atoms with van der Waals surface area (Å²) in [6, 6.07) is 12.2. The first-order chi connectivity index (χ1) is 17.5. The maximum absolute atomic E-state index is 13.6. The van der Waals surface area contributed by atoms with Crippen LogP contribution in [-0.2, 0) is 5.41 Å². The molecule has 182 valence electrons. The highest BCUT2D eigenvalue weighted by atomic mass is 16.5. The molecule has 9 heteroatoms. The molecule has 36 heavy (non-hydrogen) atoms. The van der Waals surface area contributed by atoms with Crippen LogP contribution in [0, 0.1) is 0 Å². The monoisotopic (exact) mass is 483 g/mol. The number of aliphatic hydroxyl groups excluding tert-OH is 1. The summed E-state index contributed by atoms with van der Waals surface area (Å²) in [5.41, 5.74) is 3.20. The number of amides is 2. The van der Waals surface area contributed by atoms with Crippen molar-refractivity contribution in [3.8, 4) is 5.75 Å². The van der Waals surface area contributed by atoms with Crippen LogP contribution in [0.3, 0.4) is 0 Å². The highest BCUT2D eigenvalue weighted by Crippen LogP contribution is 2.49. The summed E-state index contributed by atoms with van der Waals surface area (Å²) in [6.45, 7) is 1.02. The number of ether oxygens (including phenoxy) is 1. The van der Waals surface area contributed by atoms with Crippen LogP contribution in [0.25, 0.3) is 10.9 Å². The number of carbonyl (C=O) groups excluding carboxylic acids is 2. The molecule has 2 aliphatic heterocycles. The number of fused-ring (bicyclic) bond motifs is 4. The summed E-state index contributed by atoms with van der Waals surface area (Å²) >= 11 is 0. The molecular weight excluding hydrogens is 458 g/mol. The second-order valence-electron chi connectivity index (χ2n) is 9.38. The number of hydrogen-bond donors (Lipinski definition) is 2. The Hall–Kier alpha value is -4.24. The molecule has 3 aromatic heterocycles. The third-order valence-electron chi connectivity index (χ3n) is 7.27. The maximum atomic E-state index is 13.6. The summed E-state index contributed by atoms with van der Waals surface area (Å²) in [5, 5.41) is 11.5. The van der Waals surface area contributed by atoms with Crippen molar-refractivity contribution in [2.75, 3.05) is 33.4 Å². The maximum Gasteiger partial charge on any atom is 0.256 e. The lowest BCUT2D eigenvalue weighted by atomic mass is 9.68. The topological polar surface area (TPSA) is 112 Å². The van der Waals surface area contributed by atoms with Crippen molar-refractivity contribution in [1.29, 1.82) is 0 Å². The summed E-state index contributed by atoms with van der Waals surface area (Å²) in [4.78, 5) is 41.9. The number of nitrogens with one attached hydrogen (secondary N) is 1. The van der Waals surface area contributed by atoms with Crippen LogP contribution in [0.15, 0.2) is 67.3 Å². The molecule has 1 aromatic carbocycles. The first-order valence-corrected chi connectivity index (χ1v) is 11.8. The van der Waals surface area contributed by atoms with Gasteiger partial charge in [-0.2, -0.15) is 0 Å². The Bertz CT molecular complexity index is 1450. The fraction of sp³-hybridized carbons (Fsp3) is 0.259. The zero-order chi connectivity index (χ0) is 24.9. The summed E-state index contributed by atoms with van der Waals surface area (Å²) in [6.07, 6.45) is 6.36. The fourth-order valence-corrected chi connectivity index (χ4v) is 5.63. The van der Waals surface area contributed by atoms with Gasteiger partial charge in [-0.3, -0.25) is 19.6 Å². The van der Waals surface area contributed by atoms with E-state index in [0.29, 0.717) is 36.5 Å². The Morgan fingerprint density at radius 3 is 2.36 bits per heavy atom. The quantitative estimate of drug-likeness (QED) is 0.462. The lowest BCUT2D eigenvalue weighted by Gasteiger charge is -2.56. The summed E-state index contributed by atoms with van der Waals surface area (Å²) in [7, 11) is 1.62. The number of carbonyl (C=O) groups is 2. The van der Waals surface area contributed by atoms with Gasteiger partial charge in [0.25, 0.3) is 11.8 Å². The number of aromatic nitrogens is 3. The van der Waals surface area contributed by atoms with Gasteiger partial charge in [0.2, 0.25) is 0 Å². The van der Waals surface area contributed by atoms with Gasteiger partial charge in [0.05, 0.1) is 36.3 Å². The molecule has 0 aliphatic carbocycles. The molecule has 9 nitrogen and oxygen atoms in total. The number of aromatic amines is 1. The van der Waals surface area contributed by atoms with Gasteiger partial charge in [0.1, 0.15) is 5.75 Å². The van der Waals surface area contributed by atoms with Gasteiger partial charge in [-0.1, -0.05) is 0 Å². The van der Waals surface area contributed by atoms with Gasteiger partial charge in [-0.25, -0.2) is 0 Å². The molecule has 0 radical (unpaired) electrons. The van der Waals surface area contributed by atoms with E-state index in [1.54, 1.807) is 59.8 Å². The average Bonchev–Trinajstić information content (AvgIpc) is 3.30. The van der Waals surface area contributed by atoms with Crippen molar-refractivity contribution >= 4 is 22.7 Å². The molecule has 4 aromatic rings. The van der Waals surface area contributed by atoms with Crippen LogP contribution in [0.2, 0.25) is 0 Å².